The van der Waals surface area contributed by atoms with E-state index in [4.69, 9.17) is 51.4 Å². The molecule has 1 aliphatic heterocycles. The average molecular weight is 522 g/mol. The van der Waals surface area contributed by atoms with Crippen LogP contribution in [-0.2, 0) is 9.84 Å². The zero-order valence-corrected chi connectivity index (χ0v) is 20.1. The zero-order valence-electron chi connectivity index (χ0n) is 15.5. The lowest BCUT2D eigenvalue weighted by atomic mass is 10.1. The van der Waals surface area contributed by atoms with Crippen molar-refractivity contribution in [1.82, 2.24) is 4.98 Å². The van der Waals surface area contributed by atoms with Gasteiger partial charge in [-0.1, -0.05) is 52.5 Å². The second-order valence-electron chi connectivity index (χ2n) is 6.98. The summed E-state index contributed by atoms with van der Waals surface area (Å²) in [6, 6.07) is 9.86. The molecule has 1 fully saturated rings. The van der Waals surface area contributed by atoms with Gasteiger partial charge in [0.1, 0.15) is 0 Å². The van der Waals surface area contributed by atoms with E-state index < -0.39 is 15.1 Å². The minimum atomic E-state index is -3.50. The highest BCUT2D eigenvalue weighted by atomic mass is 35.5. The third-order valence-corrected chi connectivity index (χ3v) is 9.34. The standard InChI is InChI=1S/C20H16Cl4N2O2S2/c21-13-8-14(22)10-16(9-13)30(27,28)15-3-5-26(6-4-15)20-25-19(11-29-20)12-1-2-17(23)18(24)7-12/h1-2,7-11,15H,3-6H2. The van der Waals surface area contributed by atoms with E-state index in [1.54, 1.807) is 12.1 Å². The van der Waals surface area contributed by atoms with Gasteiger partial charge in [0.25, 0.3) is 0 Å². The number of thiazole rings is 1. The molecule has 10 heteroatoms. The molecule has 0 N–H and O–H groups in total. The van der Waals surface area contributed by atoms with Gasteiger partial charge in [0.05, 0.1) is 25.9 Å². The van der Waals surface area contributed by atoms with Crippen LogP contribution in [0.1, 0.15) is 12.8 Å². The van der Waals surface area contributed by atoms with Gasteiger partial charge in [0.15, 0.2) is 15.0 Å². The largest absolute Gasteiger partial charge is 0.348 e. The third kappa shape index (κ3) is 4.59. The quantitative estimate of drug-likeness (QED) is 0.376. The Morgan fingerprint density at radius 1 is 0.933 bits per heavy atom. The molecule has 30 heavy (non-hydrogen) atoms. The maximum atomic E-state index is 13.0. The fourth-order valence-electron chi connectivity index (χ4n) is 3.44. The van der Waals surface area contributed by atoms with Crippen LogP contribution in [-0.4, -0.2) is 31.7 Å². The summed E-state index contributed by atoms with van der Waals surface area (Å²) >= 11 is 25.6. The number of sulfone groups is 1. The van der Waals surface area contributed by atoms with Gasteiger partial charge < -0.3 is 4.90 Å². The van der Waals surface area contributed by atoms with Crippen LogP contribution in [0.4, 0.5) is 5.13 Å². The van der Waals surface area contributed by atoms with Crippen LogP contribution in [0.25, 0.3) is 11.3 Å². The molecule has 1 saturated heterocycles. The number of benzene rings is 2. The molecule has 0 atom stereocenters. The lowest BCUT2D eigenvalue weighted by molar-refractivity contribution is 0.529. The molecule has 2 heterocycles. The highest BCUT2D eigenvalue weighted by Crippen LogP contribution is 2.34. The lowest BCUT2D eigenvalue weighted by Gasteiger charge is -2.31. The molecule has 0 spiro atoms. The Balaban J connectivity index is 1.47. The number of rotatable bonds is 4. The van der Waals surface area contributed by atoms with Gasteiger partial charge in [0.2, 0.25) is 0 Å². The predicted molar refractivity (Wildman–Crippen MR) is 126 cm³/mol. The van der Waals surface area contributed by atoms with Crippen LogP contribution in [0.3, 0.4) is 0 Å². The van der Waals surface area contributed by atoms with Gasteiger partial charge in [-0.05, 0) is 43.2 Å². The van der Waals surface area contributed by atoms with Gasteiger partial charge >= 0.3 is 0 Å². The first-order chi connectivity index (χ1) is 14.2. The average Bonchev–Trinajstić information content (AvgIpc) is 3.20. The molecule has 0 bridgehead atoms. The minimum absolute atomic E-state index is 0.176. The molecule has 2 aromatic carbocycles. The molecule has 3 aromatic rings. The van der Waals surface area contributed by atoms with E-state index >= 15 is 0 Å². The highest BCUT2D eigenvalue weighted by Gasteiger charge is 2.32. The third-order valence-electron chi connectivity index (χ3n) is 5.02. The molecule has 0 unspecified atom stereocenters. The minimum Gasteiger partial charge on any atom is -0.348 e. The van der Waals surface area contributed by atoms with Crippen molar-refractivity contribution in [3.63, 3.8) is 0 Å². The van der Waals surface area contributed by atoms with E-state index in [2.05, 4.69) is 4.90 Å². The number of piperidine rings is 1. The Kier molecular flexibility index (Phi) is 6.54. The van der Waals surface area contributed by atoms with E-state index in [9.17, 15) is 8.42 Å². The maximum absolute atomic E-state index is 13.0. The van der Waals surface area contributed by atoms with E-state index in [1.807, 2.05) is 11.4 Å². The highest BCUT2D eigenvalue weighted by molar-refractivity contribution is 7.92. The Labute approximate surface area is 199 Å². The topological polar surface area (TPSA) is 50.3 Å². The molecule has 158 valence electrons. The second-order valence-corrected chi connectivity index (χ2v) is 11.7. The van der Waals surface area contributed by atoms with E-state index in [1.165, 1.54) is 29.5 Å². The number of aromatic nitrogens is 1. The van der Waals surface area contributed by atoms with E-state index in [-0.39, 0.29) is 4.90 Å². The number of halogens is 4. The van der Waals surface area contributed by atoms with Crippen LogP contribution in [0.2, 0.25) is 20.1 Å². The molecular weight excluding hydrogens is 506 g/mol. The smallest absolute Gasteiger partial charge is 0.185 e. The summed E-state index contributed by atoms with van der Waals surface area (Å²) in [6.07, 6.45) is 1.02. The van der Waals surface area contributed by atoms with Crippen molar-refractivity contribution in [2.24, 2.45) is 0 Å². The van der Waals surface area contributed by atoms with Crippen molar-refractivity contribution in [1.29, 1.82) is 0 Å². The molecule has 4 nitrogen and oxygen atoms in total. The zero-order chi connectivity index (χ0) is 21.5. The first-order valence-electron chi connectivity index (χ1n) is 9.10. The van der Waals surface area contributed by atoms with Crippen LogP contribution in [0.5, 0.6) is 0 Å². The SMILES string of the molecule is O=S(=O)(c1cc(Cl)cc(Cl)c1)C1CCN(c2nc(-c3ccc(Cl)c(Cl)c3)cs2)CC1. The molecule has 4 rings (SSSR count). The monoisotopic (exact) mass is 520 g/mol. The fourth-order valence-corrected chi connectivity index (χ4v) is 7.08. The summed E-state index contributed by atoms with van der Waals surface area (Å²) in [5, 5.41) is 3.96. The van der Waals surface area contributed by atoms with Gasteiger partial charge in [-0.3, -0.25) is 0 Å². The maximum Gasteiger partial charge on any atom is 0.185 e. The van der Waals surface area contributed by atoms with Crippen molar-refractivity contribution in [2.75, 3.05) is 18.0 Å². The Morgan fingerprint density at radius 2 is 1.60 bits per heavy atom. The van der Waals surface area contributed by atoms with Gasteiger partial charge in [-0.2, -0.15) is 0 Å². The van der Waals surface area contributed by atoms with Crippen LogP contribution >= 0.6 is 57.7 Å². The Bertz CT molecular complexity index is 1170. The van der Waals surface area contributed by atoms with Gasteiger partial charge in [0, 0.05) is 34.1 Å². The normalized spacial score (nSPS) is 15.5. The second kappa shape index (κ2) is 8.85. The van der Waals surface area contributed by atoms with Gasteiger partial charge in [-0.15, -0.1) is 11.3 Å². The molecular formula is C20H16Cl4N2O2S2. The number of nitrogens with zero attached hydrogens (tertiary/aromatic N) is 2. The summed E-state index contributed by atoms with van der Waals surface area (Å²) < 4.78 is 26.0. The first kappa shape index (κ1) is 22.2. The summed E-state index contributed by atoms with van der Waals surface area (Å²) in [5.41, 5.74) is 1.71. The molecule has 0 radical (unpaired) electrons. The number of hydrogen-bond acceptors (Lipinski definition) is 5. The van der Waals surface area contributed by atoms with E-state index in [0.29, 0.717) is 46.0 Å². The Morgan fingerprint density at radius 3 is 2.23 bits per heavy atom. The first-order valence-corrected chi connectivity index (χ1v) is 13.0. The van der Waals surface area contributed by atoms with Crippen molar-refractivity contribution >= 4 is 72.7 Å². The summed E-state index contributed by atoms with van der Waals surface area (Å²) in [7, 11) is -3.50. The van der Waals surface area contributed by atoms with Crippen molar-refractivity contribution in [3.8, 4) is 11.3 Å². The summed E-state index contributed by atoms with van der Waals surface area (Å²) in [5.74, 6) is 0. The summed E-state index contributed by atoms with van der Waals surface area (Å²) in [6.45, 7) is 1.21. The predicted octanol–water partition coefficient (Wildman–Crippen LogP) is 6.87. The molecule has 0 saturated carbocycles. The lowest BCUT2D eigenvalue weighted by Crippen LogP contribution is -2.39. The summed E-state index contributed by atoms with van der Waals surface area (Å²) in [4.78, 5) is 6.99. The van der Waals surface area contributed by atoms with Crippen molar-refractivity contribution in [2.45, 2.75) is 23.0 Å². The van der Waals surface area contributed by atoms with E-state index in [0.717, 1.165) is 16.4 Å². The number of anilines is 1. The molecule has 1 aromatic heterocycles. The van der Waals surface area contributed by atoms with Crippen molar-refractivity contribution in [3.05, 3.63) is 61.9 Å². The molecule has 1 aliphatic rings. The molecule has 0 amide bonds. The fraction of sp³-hybridized carbons (Fsp3) is 0.250. The number of hydrogen-bond donors (Lipinski definition) is 0. The van der Waals surface area contributed by atoms with Crippen LogP contribution < -0.4 is 4.90 Å². The Hall–Kier alpha value is -1.02. The van der Waals surface area contributed by atoms with Crippen molar-refractivity contribution < 1.29 is 8.42 Å². The molecule has 0 aliphatic carbocycles. The van der Waals surface area contributed by atoms with Crippen LogP contribution in [0.15, 0.2) is 46.7 Å². The van der Waals surface area contributed by atoms with Gasteiger partial charge in [-0.25, -0.2) is 13.4 Å². The van der Waals surface area contributed by atoms with Crippen LogP contribution in [0, 0.1) is 0 Å².